The molecular weight excluding hydrogens is 547 g/mol. The van der Waals surface area contributed by atoms with Crippen molar-refractivity contribution >= 4 is 35.2 Å². The van der Waals surface area contributed by atoms with Gasteiger partial charge in [-0.15, -0.1) is 11.8 Å². The number of pyridine rings is 1. The normalized spacial score (nSPS) is 17.8. The van der Waals surface area contributed by atoms with Crippen LogP contribution in [0.5, 0.6) is 5.75 Å². The van der Waals surface area contributed by atoms with E-state index in [-0.39, 0.29) is 0 Å². The number of hydrogen-bond acceptors (Lipinski definition) is 6. The fourth-order valence-corrected chi connectivity index (χ4v) is 6.10. The Morgan fingerprint density at radius 3 is 2.55 bits per heavy atom. The van der Waals surface area contributed by atoms with E-state index >= 15 is 0 Å². The van der Waals surface area contributed by atoms with Crippen molar-refractivity contribution in [2.45, 2.75) is 35.8 Å². The molecule has 1 amide bonds. The standard InChI is InChI=1S/C25H19ClF3N3O5S/c1-12(25(27,28)29)30-11-32(31-9-15(24(36)37)21(33)22(34)20(31)23(30)35)19-14-6-2-3-8-17(14)38-10-13-5-4-7-16(26)18(13)19/h2-9,12,19,34H,10-11H2,1H3,(H,36,37)/t12-,19-/m1/s1. The number of nitrogens with zero attached hydrogens (tertiary/aromatic N) is 3. The van der Waals surface area contributed by atoms with Crippen molar-refractivity contribution in [3.63, 3.8) is 0 Å². The summed E-state index contributed by atoms with van der Waals surface area (Å²) < 4.78 is 42.6. The fourth-order valence-electron chi connectivity index (χ4n) is 4.72. The molecule has 0 saturated carbocycles. The molecule has 2 aliphatic rings. The average molecular weight is 566 g/mol. The largest absolute Gasteiger partial charge is 0.502 e. The molecule has 0 unspecified atom stereocenters. The number of alkyl halides is 3. The lowest BCUT2D eigenvalue weighted by atomic mass is 9.94. The predicted molar refractivity (Wildman–Crippen MR) is 133 cm³/mol. The van der Waals surface area contributed by atoms with E-state index in [4.69, 9.17) is 11.6 Å². The van der Waals surface area contributed by atoms with Gasteiger partial charge in [0.15, 0.2) is 11.4 Å². The average Bonchev–Trinajstić information content (AvgIpc) is 3.03. The summed E-state index contributed by atoms with van der Waals surface area (Å²) >= 11 is 8.15. The smallest absolute Gasteiger partial charge is 0.408 e. The zero-order valence-corrected chi connectivity index (χ0v) is 21.1. The van der Waals surface area contributed by atoms with Gasteiger partial charge in [-0.3, -0.25) is 19.3 Å². The van der Waals surface area contributed by atoms with Crippen LogP contribution in [-0.4, -0.2) is 50.6 Å². The molecule has 5 rings (SSSR count). The minimum atomic E-state index is -4.83. The summed E-state index contributed by atoms with van der Waals surface area (Å²) in [6, 6.07) is 9.14. The van der Waals surface area contributed by atoms with E-state index in [1.165, 1.54) is 16.8 Å². The van der Waals surface area contributed by atoms with E-state index in [1.807, 2.05) is 12.1 Å². The number of carbonyl (C=O) groups excluding carboxylic acids is 1. The molecule has 198 valence electrons. The minimum absolute atomic E-state index is 0.308. The molecule has 8 nitrogen and oxygen atoms in total. The van der Waals surface area contributed by atoms with Gasteiger partial charge in [-0.1, -0.05) is 41.9 Å². The van der Waals surface area contributed by atoms with E-state index < -0.39 is 59.2 Å². The molecule has 13 heteroatoms. The third-order valence-electron chi connectivity index (χ3n) is 6.69. The van der Waals surface area contributed by atoms with Gasteiger partial charge in [0.1, 0.15) is 24.3 Å². The molecule has 2 aromatic carbocycles. The molecule has 0 spiro atoms. The quantitative estimate of drug-likeness (QED) is 0.478. The van der Waals surface area contributed by atoms with E-state index in [0.29, 0.717) is 26.8 Å². The lowest BCUT2D eigenvalue weighted by Gasteiger charge is -2.46. The van der Waals surface area contributed by atoms with Crippen molar-refractivity contribution in [3.8, 4) is 5.75 Å². The Morgan fingerprint density at radius 2 is 1.87 bits per heavy atom. The van der Waals surface area contributed by atoms with Crippen LogP contribution in [0.15, 0.2) is 58.4 Å². The molecular formula is C25H19ClF3N3O5S. The highest BCUT2D eigenvalue weighted by molar-refractivity contribution is 7.98. The summed E-state index contributed by atoms with van der Waals surface area (Å²) in [6.45, 7) is 0.145. The third-order valence-corrected chi connectivity index (χ3v) is 8.15. The van der Waals surface area contributed by atoms with E-state index in [9.17, 15) is 37.8 Å². The molecule has 0 bridgehead atoms. The number of aromatic carboxylic acids is 1. The van der Waals surface area contributed by atoms with Crippen molar-refractivity contribution in [2.24, 2.45) is 0 Å². The van der Waals surface area contributed by atoms with E-state index in [2.05, 4.69) is 0 Å². The van der Waals surface area contributed by atoms with Crippen LogP contribution in [0.4, 0.5) is 13.2 Å². The number of amides is 1. The van der Waals surface area contributed by atoms with E-state index in [1.54, 1.807) is 30.3 Å². The van der Waals surface area contributed by atoms with Crippen molar-refractivity contribution in [3.05, 3.63) is 91.9 Å². The number of aromatic nitrogens is 1. The first kappa shape index (κ1) is 26.0. The zero-order chi connectivity index (χ0) is 27.5. The predicted octanol–water partition coefficient (Wildman–Crippen LogP) is 4.60. The number of carboxylic acid groups (broad SMARTS) is 1. The lowest BCUT2D eigenvalue weighted by Crippen LogP contribution is -2.60. The fraction of sp³-hybridized carbons (Fsp3) is 0.240. The van der Waals surface area contributed by atoms with Crippen molar-refractivity contribution < 1.29 is 33.0 Å². The molecule has 3 heterocycles. The van der Waals surface area contributed by atoms with Crippen molar-refractivity contribution in [1.29, 1.82) is 0 Å². The number of benzene rings is 2. The van der Waals surface area contributed by atoms with Gasteiger partial charge in [-0.2, -0.15) is 13.2 Å². The first-order valence-corrected chi connectivity index (χ1v) is 12.6. The van der Waals surface area contributed by atoms with Gasteiger partial charge in [0.25, 0.3) is 5.91 Å². The van der Waals surface area contributed by atoms with Crippen LogP contribution in [0.25, 0.3) is 0 Å². The van der Waals surface area contributed by atoms with Crippen LogP contribution in [0.1, 0.15) is 50.5 Å². The lowest BCUT2D eigenvalue weighted by molar-refractivity contribution is -0.173. The van der Waals surface area contributed by atoms with Gasteiger partial charge in [0, 0.05) is 27.4 Å². The molecule has 2 atom stereocenters. The molecule has 2 aliphatic heterocycles. The topological polar surface area (TPSA) is 103 Å². The summed E-state index contributed by atoms with van der Waals surface area (Å²) in [6.07, 6.45) is -3.97. The number of carboxylic acids is 1. The van der Waals surface area contributed by atoms with Gasteiger partial charge >= 0.3 is 12.1 Å². The second kappa shape index (κ2) is 9.28. The number of thioether (sulfide) groups is 1. The molecule has 1 aromatic heterocycles. The van der Waals surface area contributed by atoms with Crippen LogP contribution in [0.2, 0.25) is 5.02 Å². The molecule has 0 fully saturated rings. The summed E-state index contributed by atoms with van der Waals surface area (Å²) in [5.41, 5.74) is -1.04. The third kappa shape index (κ3) is 4.08. The Bertz CT molecular complexity index is 1540. The first-order valence-electron chi connectivity index (χ1n) is 11.3. The summed E-state index contributed by atoms with van der Waals surface area (Å²) in [5.74, 6) is -3.71. The maximum Gasteiger partial charge on any atom is 0.408 e. The highest BCUT2D eigenvalue weighted by atomic mass is 35.5. The Hall–Kier alpha value is -3.64. The van der Waals surface area contributed by atoms with Crippen LogP contribution in [0.3, 0.4) is 0 Å². The Kier molecular flexibility index (Phi) is 6.35. The second-order valence-corrected chi connectivity index (χ2v) is 10.3. The number of hydrogen-bond donors (Lipinski definition) is 2. The monoisotopic (exact) mass is 565 g/mol. The summed E-state index contributed by atoms with van der Waals surface area (Å²) in [5, 5.41) is 21.9. The Morgan fingerprint density at radius 1 is 1.16 bits per heavy atom. The van der Waals surface area contributed by atoms with Crippen molar-refractivity contribution in [2.75, 3.05) is 11.7 Å². The summed E-state index contributed by atoms with van der Waals surface area (Å²) in [7, 11) is 0. The highest BCUT2D eigenvalue weighted by Gasteiger charge is 2.48. The first-order chi connectivity index (χ1) is 17.9. The van der Waals surface area contributed by atoms with Crippen molar-refractivity contribution in [1.82, 2.24) is 9.58 Å². The molecule has 2 N–H and O–H groups in total. The van der Waals surface area contributed by atoms with E-state index in [0.717, 1.165) is 28.3 Å². The molecule has 3 aromatic rings. The zero-order valence-electron chi connectivity index (χ0n) is 19.6. The Balaban J connectivity index is 1.85. The van der Waals surface area contributed by atoms with Gasteiger partial charge in [0.05, 0.1) is 0 Å². The van der Waals surface area contributed by atoms with Crippen LogP contribution >= 0.6 is 23.4 Å². The number of rotatable bonds is 3. The van der Waals surface area contributed by atoms with Gasteiger partial charge in [-0.25, -0.2) is 4.79 Å². The molecule has 0 saturated heterocycles. The maximum absolute atomic E-state index is 13.9. The number of halogens is 4. The summed E-state index contributed by atoms with van der Waals surface area (Å²) in [4.78, 5) is 39.0. The molecule has 38 heavy (non-hydrogen) atoms. The van der Waals surface area contributed by atoms with Crippen LogP contribution < -0.4 is 10.4 Å². The van der Waals surface area contributed by atoms with Gasteiger partial charge < -0.3 is 15.1 Å². The molecule has 0 aliphatic carbocycles. The van der Waals surface area contributed by atoms with Crippen LogP contribution in [0, 0.1) is 0 Å². The number of fused-ring (bicyclic) bond motifs is 3. The van der Waals surface area contributed by atoms with Gasteiger partial charge in [-0.05, 0) is 30.2 Å². The number of aromatic hydroxyl groups is 1. The maximum atomic E-state index is 13.9. The molecule has 0 radical (unpaired) electrons. The Labute approximate surface area is 222 Å². The minimum Gasteiger partial charge on any atom is -0.502 e. The number of carbonyl (C=O) groups is 2. The van der Waals surface area contributed by atoms with Crippen LogP contribution in [-0.2, 0) is 5.75 Å². The highest BCUT2D eigenvalue weighted by Crippen LogP contribution is 2.45. The second-order valence-electron chi connectivity index (χ2n) is 8.83. The van der Waals surface area contributed by atoms with Gasteiger partial charge in [0.2, 0.25) is 5.43 Å². The SMILES string of the molecule is C[C@@H](N1CN([C@@H]2c3ccccc3SCc3cccc(Cl)c32)n2cc(C(=O)O)c(=O)c(O)c2C1=O)C(F)(F)F.